The van der Waals surface area contributed by atoms with Crippen molar-refractivity contribution in [2.24, 2.45) is 0 Å². The third-order valence-corrected chi connectivity index (χ3v) is 13.5. The molecule has 0 aliphatic heterocycles. The Bertz CT molecular complexity index is 3220. The molecule has 0 unspecified atom stereocenters. The zero-order valence-corrected chi connectivity index (χ0v) is 31.2. The van der Waals surface area contributed by atoms with Crippen LogP contribution in [0.25, 0.3) is 60.9 Å². The average Bonchev–Trinajstić information content (AvgIpc) is 3.89. The summed E-state index contributed by atoms with van der Waals surface area (Å²) < 4.78 is 2.44. The molecule has 9 aromatic carbocycles. The van der Waals surface area contributed by atoms with Gasteiger partial charge in [-0.05, 0) is 102 Å². The van der Waals surface area contributed by atoms with E-state index in [1.54, 1.807) is 0 Å². The molecule has 0 fully saturated rings. The largest absolute Gasteiger partial charge is 0.309 e. The Labute approximate surface area is 331 Å². The van der Waals surface area contributed by atoms with Crippen LogP contribution in [-0.2, 0) is 10.8 Å². The van der Waals surface area contributed by atoms with Crippen LogP contribution in [0.4, 0.5) is 0 Å². The van der Waals surface area contributed by atoms with E-state index in [2.05, 4.69) is 217 Å². The molecular weight excluding hydrogens is 687 g/mol. The van der Waals surface area contributed by atoms with Crippen LogP contribution in [0.1, 0.15) is 44.5 Å². The maximum Gasteiger partial charge on any atom is 0.0725 e. The van der Waals surface area contributed by atoms with Gasteiger partial charge in [0.05, 0.1) is 21.9 Å². The molecule has 2 spiro atoms. The van der Waals surface area contributed by atoms with Crippen molar-refractivity contribution in [2.75, 3.05) is 0 Å². The van der Waals surface area contributed by atoms with Crippen LogP contribution >= 0.6 is 0 Å². The van der Waals surface area contributed by atoms with Crippen LogP contribution in [0.3, 0.4) is 0 Å². The van der Waals surface area contributed by atoms with E-state index in [1.807, 2.05) is 0 Å². The molecule has 3 aliphatic carbocycles. The number of hydrogen-bond acceptors (Lipinski definition) is 0. The van der Waals surface area contributed by atoms with Crippen molar-refractivity contribution in [3.63, 3.8) is 0 Å². The molecule has 0 radical (unpaired) electrons. The molecule has 57 heavy (non-hydrogen) atoms. The van der Waals surface area contributed by atoms with Gasteiger partial charge in [0.1, 0.15) is 0 Å². The van der Waals surface area contributed by atoms with Crippen molar-refractivity contribution in [3.05, 3.63) is 257 Å². The zero-order chi connectivity index (χ0) is 37.3. The minimum Gasteiger partial charge on any atom is -0.309 e. The maximum atomic E-state index is 2.46. The molecule has 264 valence electrons. The van der Waals surface area contributed by atoms with Crippen LogP contribution < -0.4 is 0 Å². The summed E-state index contributed by atoms with van der Waals surface area (Å²) in [6.07, 6.45) is 0. The normalized spacial score (nSPS) is 14.6. The van der Waals surface area contributed by atoms with Gasteiger partial charge in [-0.2, -0.15) is 0 Å². The first-order chi connectivity index (χ1) is 28.3. The maximum absolute atomic E-state index is 2.46. The van der Waals surface area contributed by atoms with Crippen molar-refractivity contribution in [1.82, 2.24) is 4.57 Å². The first-order valence-electron chi connectivity index (χ1n) is 20.0. The third kappa shape index (κ3) is 3.70. The Hall–Kier alpha value is -7.22. The highest BCUT2D eigenvalue weighted by molar-refractivity contribution is 6.10. The van der Waals surface area contributed by atoms with Crippen LogP contribution in [0.5, 0.6) is 0 Å². The minimum absolute atomic E-state index is 0.518. The molecule has 1 nitrogen and oxygen atoms in total. The first-order valence-corrected chi connectivity index (χ1v) is 20.0. The Balaban J connectivity index is 1.23. The number of nitrogens with zero attached hydrogens (tertiary/aromatic N) is 1. The highest BCUT2D eigenvalue weighted by Gasteiger charge is 2.59. The predicted molar refractivity (Wildman–Crippen MR) is 234 cm³/mol. The van der Waals surface area contributed by atoms with Gasteiger partial charge in [0.2, 0.25) is 0 Å². The second-order valence-corrected chi connectivity index (χ2v) is 15.9. The molecule has 0 amide bonds. The minimum atomic E-state index is -0.561. The average molecular weight is 722 g/mol. The van der Waals surface area contributed by atoms with Gasteiger partial charge in [-0.3, -0.25) is 0 Å². The summed E-state index contributed by atoms with van der Waals surface area (Å²) in [6.45, 7) is 0. The highest BCUT2D eigenvalue weighted by Crippen LogP contribution is 2.68. The molecular formula is C56H35N. The second kappa shape index (κ2) is 11.2. The Morgan fingerprint density at radius 2 is 0.719 bits per heavy atom. The molecule has 0 bridgehead atoms. The summed E-state index contributed by atoms with van der Waals surface area (Å²) in [5.74, 6) is 0. The van der Waals surface area contributed by atoms with E-state index in [-0.39, 0.29) is 0 Å². The molecule has 0 atom stereocenters. The molecule has 1 heterocycles. The summed E-state index contributed by atoms with van der Waals surface area (Å²) in [5, 5.41) is 2.52. The first kappa shape index (κ1) is 31.0. The third-order valence-electron chi connectivity index (χ3n) is 13.5. The lowest BCUT2D eigenvalue weighted by molar-refractivity contribution is 0.634. The molecule has 1 aromatic heterocycles. The smallest absolute Gasteiger partial charge is 0.0725 e. The number of rotatable bonds is 2. The Morgan fingerprint density at radius 3 is 1.33 bits per heavy atom. The van der Waals surface area contributed by atoms with Crippen molar-refractivity contribution in [1.29, 1.82) is 0 Å². The molecule has 3 aliphatic rings. The van der Waals surface area contributed by atoms with Crippen molar-refractivity contribution in [2.45, 2.75) is 10.8 Å². The van der Waals surface area contributed by atoms with E-state index in [9.17, 15) is 0 Å². The highest BCUT2D eigenvalue weighted by atomic mass is 15.0. The van der Waals surface area contributed by atoms with Crippen molar-refractivity contribution >= 4 is 21.8 Å². The number of hydrogen-bond donors (Lipinski definition) is 0. The van der Waals surface area contributed by atoms with Gasteiger partial charge in [-0.25, -0.2) is 0 Å². The molecule has 0 saturated heterocycles. The summed E-state index contributed by atoms with van der Waals surface area (Å²) >= 11 is 0. The topological polar surface area (TPSA) is 4.93 Å². The van der Waals surface area contributed by atoms with E-state index in [0.29, 0.717) is 0 Å². The van der Waals surface area contributed by atoms with Crippen LogP contribution in [0.15, 0.2) is 212 Å². The predicted octanol–water partition coefficient (Wildman–Crippen LogP) is 13.5. The number of para-hydroxylation sites is 2. The standard InChI is InChI=1S/C56H35N/c1-2-17-37(18-3-1)57-52-32-15-8-23-43(52)44-34-33-36(35-53(44)57)38-24-16-31-51-54(38)56(47-27-11-6-21-41(47)42-22-7-12-28-48(42)56)50-30-14-13-29-49(50)55(51)45-25-9-4-19-39(45)40-20-5-10-26-46(40)55/h1-35H. The summed E-state index contributed by atoms with van der Waals surface area (Å²) in [7, 11) is 0. The fourth-order valence-electron chi connectivity index (χ4n) is 11.5. The van der Waals surface area contributed by atoms with Crippen LogP contribution in [-0.4, -0.2) is 4.57 Å². The SMILES string of the molecule is c1ccc(-n2c3ccccc3c3ccc(-c4cccc5c4C4(c6ccccc6-c6ccccc64)c4ccccc4C54c5ccccc5-c5ccccc54)cc32)cc1. The van der Waals surface area contributed by atoms with Crippen LogP contribution in [0.2, 0.25) is 0 Å². The number of fused-ring (bicyclic) bond motifs is 19. The van der Waals surface area contributed by atoms with Gasteiger partial charge in [-0.15, -0.1) is 0 Å². The van der Waals surface area contributed by atoms with Gasteiger partial charge in [-0.1, -0.05) is 188 Å². The van der Waals surface area contributed by atoms with Crippen molar-refractivity contribution < 1.29 is 0 Å². The van der Waals surface area contributed by atoms with Gasteiger partial charge >= 0.3 is 0 Å². The van der Waals surface area contributed by atoms with E-state index in [1.165, 1.54) is 99.7 Å². The van der Waals surface area contributed by atoms with E-state index in [4.69, 9.17) is 0 Å². The Kier molecular flexibility index (Phi) is 6.09. The molecule has 1 heteroatoms. The lowest BCUT2D eigenvalue weighted by Gasteiger charge is -2.49. The van der Waals surface area contributed by atoms with E-state index >= 15 is 0 Å². The fraction of sp³-hybridized carbons (Fsp3) is 0.0357. The number of aromatic nitrogens is 1. The molecule has 10 aromatic rings. The summed E-state index contributed by atoms with van der Waals surface area (Å²) in [4.78, 5) is 0. The van der Waals surface area contributed by atoms with Gasteiger partial charge in [0, 0.05) is 16.5 Å². The lowest BCUT2D eigenvalue weighted by atomic mass is 9.51. The van der Waals surface area contributed by atoms with Crippen molar-refractivity contribution in [3.8, 4) is 39.1 Å². The molecule has 0 N–H and O–H groups in total. The monoisotopic (exact) mass is 721 g/mol. The summed E-state index contributed by atoms with van der Waals surface area (Å²) in [5.41, 5.74) is 21.1. The molecule has 13 rings (SSSR count). The number of benzene rings is 9. The zero-order valence-electron chi connectivity index (χ0n) is 31.2. The van der Waals surface area contributed by atoms with Gasteiger partial charge < -0.3 is 4.57 Å². The van der Waals surface area contributed by atoms with E-state index < -0.39 is 10.8 Å². The van der Waals surface area contributed by atoms with Gasteiger partial charge in [0.25, 0.3) is 0 Å². The summed E-state index contributed by atoms with van der Waals surface area (Å²) in [6, 6.07) is 80.1. The second-order valence-electron chi connectivity index (χ2n) is 15.9. The fourth-order valence-corrected chi connectivity index (χ4v) is 11.5. The van der Waals surface area contributed by atoms with E-state index in [0.717, 1.165) is 5.69 Å². The van der Waals surface area contributed by atoms with Crippen LogP contribution in [0, 0.1) is 0 Å². The van der Waals surface area contributed by atoms with Gasteiger partial charge in [0.15, 0.2) is 0 Å². The Morgan fingerprint density at radius 1 is 0.281 bits per heavy atom. The lowest BCUT2D eigenvalue weighted by Crippen LogP contribution is -2.44. The quantitative estimate of drug-likeness (QED) is 0.167. The molecule has 0 saturated carbocycles.